The molecule has 0 heterocycles. The zero-order valence-electron chi connectivity index (χ0n) is 21.2. The van der Waals surface area contributed by atoms with Crippen LogP contribution in [0.5, 0.6) is 0 Å². The van der Waals surface area contributed by atoms with E-state index in [9.17, 15) is 9.59 Å². The van der Waals surface area contributed by atoms with Gasteiger partial charge in [0.25, 0.3) is 0 Å². The third kappa shape index (κ3) is 8.75. The minimum atomic E-state index is -0.565. The molecule has 0 aliphatic heterocycles. The lowest BCUT2D eigenvalue weighted by Gasteiger charge is -2.33. The molecule has 1 N–H and O–H groups in total. The molecule has 0 spiro atoms. The molecule has 1 fully saturated rings. The summed E-state index contributed by atoms with van der Waals surface area (Å²) in [6.45, 7) is 0.411. The maximum absolute atomic E-state index is 13.8. The summed E-state index contributed by atoms with van der Waals surface area (Å²) in [6.07, 6.45) is 6.05. The van der Waals surface area contributed by atoms with Gasteiger partial charge in [-0.2, -0.15) is 0 Å². The lowest BCUT2D eigenvalue weighted by molar-refractivity contribution is -0.139. The molecule has 1 unspecified atom stereocenters. The second-order valence-corrected chi connectivity index (χ2v) is 11.6. The molecule has 4 rings (SSSR count). The minimum absolute atomic E-state index is 0.00862. The van der Waals surface area contributed by atoms with Gasteiger partial charge >= 0.3 is 0 Å². The molecule has 2 amide bonds. The SMILES string of the molecule is O=C(NC1CCCCC1)C(Cc1ccccc1)N(Cc1ccccc1)C(=O)CSCc1ccc(Br)cc1. The second-order valence-electron chi connectivity index (χ2n) is 9.68. The van der Waals surface area contributed by atoms with Crippen molar-refractivity contribution >= 4 is 39.5 Å². The largest absolute Gasteiger partial charge is 0.352 e. The van der Waals surface area contributed by atoms with Gasteiger partial charge in [0.05, 0.1) is 5.75 Å². The summed E-state index contributed by atoms with van der Waals surface area (Å²) in [5.41, 5.74) is 3.25. The Morgan fingerprint density at radius 3 is 2.11 bits per heavy atom. The van der Waals surface area contributed by atoms with Crippen molar-refractivity contribution in [3.63, 3.8) is 0 Å². The third-order valence-corrected chi connectivity index (χ3v) is 8.34. The van der Waals surface area contributed by atoms with Gasteiger partial charge in [-0.3, -0.25) is 9.59 Å². The molecule has 1 saturated carbocycles. The van der Waals surface area contributed by atoms with Crippen LogP contribution in [0.1, 0.15) is 48.8 Å². The maximum atomic E-state index is 13.8. The zero-order valence-corrected chi connectivity index (χ0v) is 23.6. The number of hydrogen-bond donors (Lipinski definition) is 1. The Morgan fingerprint density at radius 1 is 0.838 bits per heavy atom. The third-order valence-electron chi connectivity index (χ3n) is 6.83. The quantitative estimate of drug-likeness (QED) is 0.273. The van der Waals surface area contributed by atoms with Gasteiger partial charge in [0.1, 0.15) is 6.04 Å². The van der Waals surface area contributed by atoms with Gasteiger partial charge in [0.15, 0.2) is 0 Å². The van der Waals surface area contributed by atoms with Crippen LogP contribution in [0.15, 0.2) is 89.4 Å². The summed E-state index contributed by atoms with van der Waals surface area (Å²) < 4.78 is 1.04. The number of benzene rings is 3. The second kappa shape index (κ2) is 14.4. The van der Waals surface area contributed by atoms with Crippen molar-refractivity contribution in [3.05, 3.63) is 106 Å². The molecule has 1 aliphatic rings. The lowest BCUT2D eigenvalue weighted by Crippen LogP contribution is -2.53. The fourth-order valence-corrected chi connectivity index (χ4v) is 5.93. The van der Waals surface area contributed by atoms with Crippen LogP contribution >= 0.6 is 27.7 Å². The number of nitrogens with one attached hydrogen (secondary N) is 1. The molecular weight excluding hydrogens is 544 g/mol. The summed E-state index contributed by atoms with van der Waals surface area (Å²) in [4.78, 5) is 29.3. The van der Waals surface area contributed by atoms with Crippen LogP contribution in [0.25, 0.3) is 0 Å². The summed E-state index contributed by atoms with van der Waals surface area (Å²) in [7, 11) is 0. The number of carbonyl (C=O) groups excluding carboxylic acids is 2. The number of carbonyl (C=O) groups is 2. The van der Waals surface area contributed by atoms with E-state index in [1.165, 1.54) is 12.0 Å². The first-order valence-electron chi connectivity index (χ1n) is 13.1. The average Bonchev–Trinajstić information content (AvgIpc) is 2.93. The van der Waals surface area contributed by atoms with Gasteiger partial charge < -0.3 is 10.2 Å². The van der Waals surface area contributed by atoms with E-state index in [2.05, 4.69) is 33.4 Å². The highest BCUT2D eigenvalue weighted by atomic mass is 79.9. The van der Waals surface area contributed by atoms with Crippen molar-refractivity contribution in [1.82, 2.24) is 10.2 Å². The molecule has 6 heteroatoms. The van der Waals surface area contributed by atoms with Gasteiger partial charge in [-0.1, -0.05) is 108 Å². The molecular formula is C31H35BrN2O2S. The molecule has 1 atom stereocenters. The van der Waals surface area contributed by atoms with Crippen molar-refractivity contribution in [2.75, 3.05) is 5.75 Å². The summed E-state index contributed by atoms with van der Waals surface area (Å²) in [5.74, 6) is 1.02. The molecule has 0 bridgehead atoms. The normalized spacial score (nSPS) is 14.6. The molecule has 3 aromatic rings. The monoisotopic (exact) mass is 578 g/mol. The molecule has 4 nitrogen and oxygen atoms in total. The molecule has 194 valence electrons. The Kier molecular flexibility index (Phi) is 10.7. The molecule has 0 radical (unpaired) electrons. The average molecular weight is 580 g/mol. The van der Waals surface area contributed by atoms with E-state index >= 15 is 0 Å². The molecule has 0 aromatic heterocycles. The molecule has 37 heavy (non-hydrogen) atoms. The van der Waals surface area contributed by atoms with E-state index in [0.717, 1.165) is 47.0 Å². The summed E-state index contributed by atoms with van der Waals surface area (Å²) in [5, 5.41) is 3.30. The predicted octanol–water partition coefficient (Wildman–Crippen LogP) is 6.77. The Labute approximate surface area is 233 Å². The number of rotatable bonds is 11. The van der Waals surface area contributed by atoms with Crippen LogP contribution in [0.2, 0.25) is 0 Å². The number of nitrogens with zero attached hydrogens (tertiary/aromatic N) is 1. The zero-order chi connectivity index (χ0) is 25.9. The van der Waals surface area contributed by atoms with Crippen molar-refractivity contribution in [2.24, 2.45) is 0 Å². The van der Waals surface area contributed by atoms with E-state index < -0.39 is 6.04 Å². The van der Waals surface area contributed by atoms with Crippen LogP contribution in [0.3, 0.4) is 0 Å². The van der Waals surface area contributed by atoms with E-state index in [4.69, 9.17) is 0 Å². The summed E-state index contributed by atoms with van der Waals surface area (Å²) >= 11 is 5.07. The van der Waals surface area contributed by atoms with Crippen molar-refractivity contribution < 1.29 is 9.59 Å². The molecule has 1 aliphatic carbocycles. The fourth-order valence-electron chi connectivity index (χ4n) is 4.80. The first-order chi connectivity index (χ1) is 18.1. The smallest absolute Gasteiger partial charge is 0.243 e. The van der Waals surface area contributed by atoms with Crippen molar-refractivity contribution in [3.8, 4) is 0 Å². The van der Waals surface area contributed by atoms with E-state index in [1.807, 2.05) is 72.8 Å². The topological polar surface area (TPSA) is 49.4 Å². The Hall–Kier alpha value is -2.57. The highest BCUT2D eigenvalue weighted by Gasteiger charge is 2.31. The van der Waals surface area contributed by atoms with Crippen LogP contribution in [-0.2, 0) is 28.3 Å². The minimum Gasteiger partial charge on any atom is -0.352 e. The maximum Gasteiger partial charge on any atom is 0.243 e. The highest BCUT2D eigenvalue weighted by Crippen LogP contribution is 2.21. The number of halogens is 1. The fraction of sp³-hybridized carbons (Fsp3) is 0.355. The Bertz CT molecular complexity index is 1120. The summed E-state index contributed by atoms with van der Waals surface area (Å²) in [6, 6.07) is 27.8. The Morgan fingerprint density at radius 2 is 1.46 bits per heavy atom. The lowest BCUT2D eigenvalue weighted by atomic mass is 9.94. The highest BCUT2D eigenvalue weighted by molar-refractivity contribution is 9.10. The first-order valence-corrected chi connectivity index (χ1v) is 15.0. The first kappa shape index (κ1) is 27.5. The molecule has 3 aromatic carbocycles. The van der Waals surface area contributed by atoms with Crippen LogP contribution in [0.4, 0.5) is 0 Å². The molecule has 0 saturated heterocycles. The van der Waals surface area contributed by atoms with Gasteiger partial charge in [0.2, 0.25) is 11.8 Å². The van der Waals surface area contributed by atoms with Gasteiger partial charge in [-0.25, -0.2) is 0 Å². The standard InChI is InChI=1S/C31H35BrN2O2S/c32-27-18-16-26(17-19-27)22-37-23-30(35)34(21-25-12-6-2-7-13-25)29(20-24-10-4-1-5-11-24)31(36)33-28-14-8-3-9-15-28/h1-2,4-7,10-13,16-19,28-29H,3,8-9,14-15,20-23H2,(H,33,36). The van der Waals surface area contributed by atoms with E-state index in [-0.39, 0.29) is 17.9 Å². The number of hydrogen-bond acceptors (Lipinski definition) is 3. The van der Waals surface area contributed by atoms with Gasteiger partial charge in [-0.15, -0.1) is 11.8 Å². The van der Waals surface area contributed by atoms with Gasteiger partial charge in [-0.05, 0) is 41.7 Å². The van der Waals surface area contributed by atoms with Crippen molar-refractivity contribution in [2.45, 2.75) is 62.9 Å². The predicted molar refractivity (Wildman–Crippen MR) is 156 cm³/mol. The van der Waals surface area contributed by atoms with Crippen LogP contribution in [-0.4, -0.2) is 34.6 Å². The van der Waals surface area contributed by atoms with Crippen LogP contribution in [0, 0.1) is 0 Å². The van der Waals surface area contributed by atoms with E-state index in [0.29, 0.717) is 18.7 Å². The van der Waals surface area contributed by atoms with E-state index in [1.54, 1.807) is 16.7 Å². The Balaban J connectivity index is 1.54. The number of thioether (sulfide) groups is 1. The number of amides is 2. The van der Waals surface area contributed by atoms with Crippen LogP contribution < -0.4 is 5.32 Å². The van der Waals surface area contributed by atoms with Gasteiger partial charge in [0, 0.05) is 29.2 Å². The van der Waals surface area contributed by atoms with Crippen molar-refractivity contribution in [1.29, 1.82) is 0 Å².